The molecule has 1 atom stereocenters. The molecule has 0 bridgehead atoms. The van der Waals surface area contributed by atoms with Crippen LogP contribution in [0.3, 0.4) is 0 Å². The fourth-order valence-corrected chi connectivity index (χ4v) is 2.12. The number of hydrogen-bond donors (Lipinski definition) is 2. The summed E-state index contributed by atoms with van der Waals surface area (Å²) in [6.07, 6.45) is 1.93. The van der Waals surface area contributed by atoms with Crippen LogP contribution in [0.1, 0.15) is 42.6 Å². The first-order valence-electron chi connectivity index (χ1n) is 6.76. The van der Waals surface area contributed by atoms with Crippen LogP contribution in [0.15, 0.2) is 42.6 Å². The number of hydrazine groups is 1. The van der Waals surface area contributed by atoms with E-state index in [0.29, 0.717) is 12.3 Å². The monoisotopic (exact) mass is 273 g/mol. The molecule has 1 aromatic heterocycles. The van der Waals surface area contributed by atoms with Crippen molar-refractivity contribution >= 4 is 0 Å². The molecule has 106 valence electrons. The van der Waals surface area contributed by atoms with Gasteiger partial charge in [0, 0.05) is 0 Å². The van der Waals surface area contributed by atoms with Gasteiger partial charge in [0.05, 0.1) is 17.9 Å². The third-order valence-electron chi connectivity index (χ3n) is 3.39. The van der Waals surface area contributed by atoms with Crippen molar-refractivity contribution < 1.29 is 4.39 Å². The lowest BCUT2D eigenvalue weighted by molar-refractivity contribution is 0.533. The van der Waals surface area contributed by atoms with Crippen molar-refractivity contribution in [2.45, 2.75) is 32.2 Å². The molecule has 2 aromatic rings. The molecular formula is C16H20FN3. The number of nitrogens with one attached hydrogen (secondary N) is 1. The van der Waals surface area contributed by atoms with Crippen molar-refractivity contribution in [3.8, 4) is 0 Å². The predicted octanol–water partition coefficient (Wildman–Crippen LogP) is 3.09. The zero-order chi connectivity index (χ0) is 14.5. The summed E-state index contributed by atoms with van der Waals surface area (Å²) in [5, 5.41) is 0. The Labute approximate surface area is 119 Å². The zero-order valence-electron chi connectivity index (χ0n) is 11.8. The van der Waals surface area contributed by atoms with Crippen LogP contribution in [0.25, 0.3) is 0 Å². The highest BCUT2D eigenvalue weighted by molar-refractivity contribution is 5.26. The molecule has 0 aliphatic heterocycles. The fourth-order valence-electron chi connectivity index (χ4n) is 2.12. The molecule has 2 rings (SSSR count). The molecule has 0 aliphatic carbocycles. The van der Waals surface area contributed by atoms with Gasteiger partial charge >= 0.3 is 0 Å². The van der Waals surface area contributed by atoms with Gasteiger partial charge in [-0.1, -0.05) is 38.1 Å². The van der Waals surface area contributed by atoms with Gasteiger partial charge in [-0.15, -0.1) is 0 Å². The molecule has 1 unspecified atom stereocenters. The fraction of sp³-hybridized carbons (Fsp3) is 0.312. The number of aromatic nitrogens is 1. The second kappa shape index (κ2) is 6.59. The van der Waals surface area contributed by atoms with Crippen LogP contribution < -0.4 is 11.3 Å². The van der Waals surface area contributed by atoms with Crippen molar-refractivity contribution in [2.24, 2.45) is 5.84 Å². The lowest BCUT2D eigenvalue weighted by Gasteiger charge is -2.16. The summed E-state index contributed by atoms with van der Waals surface area (Å²) in [6.45, 7) is 4.34. The third-order valence-corrected chi connectivity index (χ3v) is 3.39. The Kier molecular flexibility index (Phi) is 4.82. The van der Waals surface area contributed by atoms with E-state index in [2.05, 4.69) is 48.5 Å². The number of benzene rings is 1. The highest BCUT2D eigenvalue weighted by Crippen LogP contribution is 2.19. The minimum Gasteiger partial charge on any atom is -0.271 e. The summed E-state index contributed by atoms with van der Waals surface area (Å²) < 4.78 is 12.9. The Hall–Kier alpha value is -1.78. The maximum atomic E-state index is 12.9. The van der Waals surface area contributed by atoms with Crippen molar-refractivity contribution in [3.63, 3.8) is 0 Å². The average Bonchev–Trinajstić information content (AvgIpc) is 2.46. The molecular weight excluding hydrogens is 253 g/mol. The van der Waals surface area contributed by atoms with E-state index in [1.54, 1.807) is 6.07 Å². The molecule has 3 nitrogen and oxygen atoms in total. The molecule has 0 saturated carbocycles. The molecule has 4 heteroatoms. The molecule has 0 amide bonds. The van der Waals surface area contributed by atoms with Gasteiger partial charge in [-0.2, -0.15) is 0 Å². The highest BCUT2D eigenvalue weighted by atomic mass is 19.1. The quantitative estimate of drug-likeness (QED) is 0.650. The standard InChI is InChI=1S/C16H20FN3/c1-11(2)13-5-3-12(4-6-13)9-16(20-18)15-8-7-14(17)10-19-15/h3-8,10-11,16,20H,9,18H2,1-2H3. The van der Waals surface area contributed by atoms with Crippen molar-refractivity contribution in [2.75, 3.05) is 0 Å². The molecule has 0 spiro atoms. The van der Waals surface area contributed by atoms with Gasteiger partial charge in [-0.05, 0) is 35.6 Å². The number of nitrogens with zero attached hydrogens (tertiary/aromatic N) is 1. The molecule has 0 saturated heterocycles. The molecule has 20 heavy (non-hydrogen) atoms. The first kappa shape index (κ1) is 14.6. The van der Waals surface area contributed by atoms with Gasteiger partial charge in [0.2, 0.25) is 0 Å². The van der Waals surface area contributed by atoms with E-state index in [0.717, 1.165) is 5.69 Å². The van der Waals surface area contributed by atoms with Crippen LogP contribution in [0.2, 0.25) is 0 Å². The van der Waals surface area contributed by atoms with Crippen molar-refractivity contribution in [1.82, 2.24) is 10.4 Å². The van der Waals surface area contributed by atoms with E-state index < -0.39 is 0 Å². The van der Waals surface area contributed by atoms with Gasteiger partial charge in [0.1, 0.15) is 5.82 Å². The Morgan fingerprint density at radius 1 is 1.15 bits per heavy atom. The van der Waals surface area contributed by atoms with Gasteiger partial charge in [0.25, 0.3) is 0 Å². The molecule has 0 radical (unpaired) electrons. The summed E-state index contributed by atoms with van der Waals surface area (Å²) in [7, 11) is 0. The van der Waals surface area contributed by atoms with Crippen LogP contribution in [0.5, 0.6) is 0 Å². The Balaban J connectivity index is 2.11. The molecule has 0 fully saturated rings. The highest BCUT2D eigenvalue weighted by Gasteiger charge is 2.12. The van der Waals surface area contributed by atoms with E-state index in [-0.39, 0.29) is 11.9 Å². The Bertz CT molecular complexity index is 535. The van der Waals surface area contributed by atoms with E-state index in [1.807, 2.05) is 0 Å². The Morgan fingerprint density at radius 2 is 1.85 bits per heavy atom. The number of halogens is 1. The lowest BCUT2D eigenvalue weighted by Crippen LogP contribution is -2.30. The van der Waals surface area contributed by atoms with Gasteiger partial charge in [-0.3, -0.25) is 16.3 Å². The number of nitrogens with two attached hydrogens (primary N) is 1. The summed E-state index contributed by atoms with van der Waals surface area (Å²) in [6, 6.07) is 11.4. The first-order chi connectivity index (χ1) is 9.60. The van der Waals surface area contributed by atoms with Crippen molar-refractivity contribution in [1.29, 1.82) is 0 Å². The van der Waals surface area contributed by atoms with Crippen LogP contribution in [0.4, 0.5) is 4.39 Å². The van der Waals surface area contributed by atoms with E-state index in [9.17, 15) is 4.39 Å². The maximum Gasteiger partial charge on any atom is 0.141 e. The third kappa shape index (κ3) is 3.62. The van der Waals surface area contributed by atoms with E-state index in [1.165, 1.54) is 23.4 Å². The van der Waals surface area contributed by atoms with Crippen LogP contribution in [-0.2, 0) is 6.42 Å². The largest absolute Gasteiger partial charge is 0.271 e. The minimum atomic E-state index is -0.342. The van der Waals surface area contributed by atoms with Crippen LogP contribution in [0, 0.1) is 5.82 Å². The molecule has 1 aromatic carbocycles. The average molecular weight is 273 g/mol. The van der Waals surface area contributed by atoms with Gasteiger partial charge < -0.3 is 0 Å². The summed E-state index contributed by atoms with van der Waals surface area (Å²) >= 11 is 0. The molecule has 1 heterocycles. The van der Waals surface area contributed by atoms with Crippen molar-refractivity contribution in [3.05, 3.63) is 65.2 Å². The lowest BCUT2D eigenvalue weighted by atomic mass is 9.98. The van der Waals surface area contributed by atoms with E-state index >= 15 is 0 Å². The van der Waals surface area contributed by atoms with Crippen LogP contribution >= 0.6 is 0 Å². The van der Waals surface area contributed by atoms with E-state index in [4.69, 9.17) is 5.84 Å². The Morgan fingerprint density at radius 3 is 2.35 bits per heavy atom. The zero-order valence-corrected chi connectivity index (χ0v) is 11.8. The summed E-state index contributed by atoms with van der Waals surface area (Å²) in [4.78, 5) is 4.07. The summed E-state index contributed by atoms with van der Waals surface area (Å²) in [5.41, 5.74) is 5.96. The normalized spacial score (nSPS) is 12.7. The van der Waals surface area contributed by atoms with Gasteiger partial charge in [-0.25, -0.2) is 4.39 Å². The maximum absolute atomic E-state index is 12.9. The first-order valence-corrected chi connectivity index (χ1v) is 6.76. The predicted molar refractivity (Wildman–Crippen MR) is 78.5 cm³/mol. The second-order valence-corrected chi connectivity index (χ2v) is 5.22. The minimum absolute atomic E-state index is 0.125. The molecule has 3 N–H and O–H groups in total. The number of rotatable bonds is 5. The molecule has 0 aliphatic rings. The second-order valence-electron chi connectivity index (χ2n) is 5.22. The SMILES string of the molecule is CC(C)c1ccc(CC(NN)c2ccc(F)cn2)cc1. The summed E-state index contributed by atoms with van der Waals surface area (Å²) in [5.74, 6) is 5.76. The number of hydrogen-bond acceptors (Lipinski definition) is 3. The number of pyridine rings is 1. The van der Waals surface area contributed by atoms with Gasteiger partial charge in [0.15, 0.2) is 0 Å². The smallest absolute Gasteiger partial charge is 0.141 e. The van der Waals surface area contributed by atoms with Crippen LogP contribution in [-0.4, -0.2) is 4.98 Å². The topological polar surface area (TPSA) is 50.9 Å².